The molecule has 3 heteroatoms. The van der Waals surface area contributed by atoms with Crippen LogP contribution in [0.2, 0.25) is 0 Å². The average molecular weight is 230 g/mol. The first-order valence-corrected chi connectivity index (χ1v) is 6.21. The third kappa shape index (κ3) is 6.46. The largest absolute Gasteiger partial charge is 0.383 e. The summed E-state index contributed by atoms with van der Waals surface area (Å²) >= 11 is 0. The van der Waals surface area contributed by atoms with Crippen LogP contribution in [0.5, 0.6) is 0 Å². The maximum Gasteiger partial charge on any atom is 0.0613 e. The van der Waals surface area contributed by atoms with Crippen LogP contribution in [-0.4, -0.2) is 50.8 Å². The van der Waals surface area contributed by atoms with E-state index in [1.54, 1.807) is 7.11 Å². The predicted molar refractivity (Wildman–Crippen MR) is 70.9 cm³/mol. The van der Waals surface area contributed by atoms with Crippen LogP contribution in [0.1, 0.15) is 34.6 Å². The summed E-state index contributed by atoms with van der Waals surface area (Å²) in [5.41, 5.74) is 0.340. The van der Waals surface area contributed by atoms with Crippen molar-refractivity contribution in [2.75, 3.05) is 33.9 Å². The van der Waals surface area contributed by atoms with Gasteiger partial charge in [0.1, 0.15) is 0 Å². The molecule has 0 aromatic heterocycles. The van der Waals surface area contributed by atoms with E-state index in [1.165, 1.54) is 0 Å². The van der Waals surface area contributed by atoms with Gasteiger partial charge < -0.3 is 15.0 Å². The zero-order chi connectivity index (χ0) is 12.8. The van der Waals surface area contributed by atoms with E-state index in [4.69, 9.17) is 4.74 Å². The number of hydrogen-bond donors (Lipinski definition) is 1. The van der Waals surface area contributed by atoms with Crippen LogP contribution in [0.15, 0.2) is 0 Å². The van der Waals surface area contributed by atoms with E-state index in [1.807, 2.05) is 0 Å². The molecule has 0 rings (SSSR count). The second kappa shape index (κ2) is 7.25. The van der Waals surface area contributed by atoms with E-state index >= 15 is 0 Å². The Bertz CT molecular complexity index is 177. The lowest BCUT2D eigenvalue weighted by Gasteiger charge is -2.35. The van der Waals surface area contributed by atoms with E-state index in [9.17, 15) is 0 Å². The molecule has 0 aliphatic rings. The molecule has 0 bridgehead atoms. The molecule has 0 saturated heterocycles. The molecule has 3 nitrogen and oxygen atoms in total. The monoisotopic (exact) mass is 230 g/mol. The highest BCUT2D eigenvalue weighted by Gasteiger charge is 2.23. The van der Waals surface area contributed by atoms with E-state index in [0.29, 0.717) is 17.5 Å². The minimum absolute atomic E-state index is 0.340. The van der Waals surface area contributed by atoms with Gasteiger partial charge in [-0.2, -0.15) is 0 Å². The second-order valence-electron chi connectivity index (χ2n) is 5.83. The molecule has 0 aromatic rings. The Balaban J connectivity index is 3.77. The number of nitrogens with one attached hydrogen (secondary N) is 1. The number of nitrogens with zero attached hydrogens (tertiary/aromatic N) is 1. The van der Waals surface area contributed by atoms with Crippen molar-refractivity contribution in [1.82, 2.24) is 10.2 Å². The molecule has 1 N–H and O–H groups in total. The van der Waals surface area contributed by atoms with Crippen molar-refractivity contribution in [3.63, 3.8) is 0 Å². The van der Waals surface area contributed by atoms with Crippen LogP contribution < -0.4 is 5.32 Å². The van der Waals surface area contributed by atoms with Crippen LogP contribution in [0.3, 0.4) is 0 Å². The quantitative estimate of drug-likeness (QED) is 0.724. The van der Waals surface area contributed by atoms with Crippen LogP contribution in [0.4, 0.5) is 0 Å². The minimum atomic E-state index is 0.340. The van der Waals surface area contributed by atoms with Crippen molar-refractivity contribution in [3.8, 4) is 0 Å². The van der Waals surface area contributed by atoms with Gasteiger partial charge in [0.05, 0.1) is 6.61 Å². The number of hydrogen-bond acceptors (Lipinski definition) is 3. The van der Waals surface area contributed by atoms with Gasteiger partial charge in [-0.3, -0.25) is 0 Å². The molecular weight excluding hydrogens is 200 g/mol. The Kier molecular flexibility index (Phi) is 7.20. The predicted octanol–water partition coefficient (Wildman–Crippen LogP) is 1.98. The SMILES string of the molecule is COCC(C)NCCN(C)C(C)C(C)(C)C. The fraction of sp³-hybridized carbons (Fsp3) is 1.00. The minimum Gasteiger partial charge on any atom is -0.383 e. The lowest BCUT2D eigenvalue weighted by Crippen LogP contribution is -2.44. The highest BCUT2D eigenvalue weighted by atomic mass is 16.5. The van der Waals surface area contributed by atoms with Crippen molar-refractivity contribution in [1.29, 1.82) is 0 Å². The van der Waals surface area contributed by atoms with Crippen molar-refractivity contribution < 1.29 is 4.74 Å². The zero-order valence-corrected chi connectivity index (χ0v) is 12.1. The maximum atomic E-state index is 5.09. The highest BCUT2D eigenvalue weighted by molar-refractivity contribution is 4.77. The summed E-state index contributed by atoms with van der Waals surface area (Å²) in [7, 11) is 3.94. The summed E-state index contributed by atoms with van der Waals surface area (Å²) in [6.07, 6.45) is 0. The average Bonchev–Trinajstić information content (AvgIpc) is 2.15. The Hall–Kier alpha value is -0.120. The Morgan fingerprint density at radius 1 is 1.25 bits per heavy atom. The van der Waals surface area contributed by atoms with Crippen LogP contribution >= 0.6 is 0 Å². The number of methoxy groups -OCH3 is 1. The van der Waals surface area contributed by atoms with Gasteiger partial charge >= 0.3 is 0 Å². The van der Waals surface area contributed by atoms with Gasteiger partial charge in [0.25, 0.3) is 0 Å². The molecule has 0 aliphatic heterocycles. The fourth-order valence-corrected chi connectivity index (χ4v) is 1.65. The maximum absolute atomic E-state index is 5.09. The summed E-state index contributed by atoms with van der Waals surface area (Å²) < 4.78 is 5.09. The van der Waals surface area contributed by atoms with Gasteiger partial charge in [-0.05, 0) is 26.3 Å². The molecule has 2 unspecified atom stereocenters. The molecule has 0 fully saturated rings. The summed E-state index contributed by atoms with van der Waals surface area (Å²) in [5.74, 6) is 0. The molecule has 98 valence electrons. The standard InChI is InChI=1S/C13H30N2O/c1-11(10-16-7)14-8-9-15(6)12(2)13(3,4)5/h11-12,14H,8-10H2,1-7H3. The smallest absolute Gasteiger partial charge is 0.0613 e. The lowest BCUT2D eigenvalue weighted by molar-refractivity contribution is 0.135. The van der Waals surface area contributed by atoms with Crippen molar-refractivity contribution in [3.05, 3.63) is 0 Å². The molecule has 0 saturated carbocycles. The molecule has 0 radical (unpaired) electrons. The van der Waals surface area contributed by atoms with Crippen molar-refractivity contribution >= 4 is 0 Å². The molecule has 0 spiro atoms. The third-order valence-electron chi connectivity index (χ3n) is 3.29. The second-order valence-corrected chi connectivity index (χ2v) is 5.83. The Morgan fingerprint density at radius 2 is 1.81 bits per heavy atom. The Labute approximate surface area is 102 Å². The number of likely N-dealkylation sites (N-methyl/N-ethyl adjacent to an activating group) is 1. The van der Waals surface area contributed by atoms with Crippen molar-refractivity contribution in [2.24, 2.45) is 5.41 Å². The zero-order valence-electron chi connectivity index (χ0n) is 12.1. The number of rotatable bonds is 7. The first-order valence-electron chi connectivity index (χ1n) is 6.21. The molecule has 16 heavy (non-hydrogen) atoms. The van der Waals surface area contributed by atoms with Crippen LogP contribution in [-0.2, 0) is 4.74 Å². The van der Waals surface area contributed by atoms with Crippen molar-refractivity contribution in [2.45, 2.75) is 46.7 Å². The van der Waals surface area contributed by atoms with Crippen LogP contribution in [0.25, 0.3) is 0 Å². The molecular formula is C13H30N2O. The fourth-order valence-electron chi connectivity index (χ4n) is 1.65. The summed E-state index contributed by atoms with van der Waals surface area (Å²) in [6.45, 7) is 14.2. The lowest BCUT2D eigenvalue weighted by atomic mass is 9.87. The van der Waals surface area contributed by atoms with Gasteiger partial charge in [0, 0.05) is 32.3 Å². The first-order chi connectivity index (χ1) is 7.29. The summed E-state index contributed by atoms with van der Waals surface area (Å²) in [6, 6.07) is 1.02. The summed E-state index contributed by atoms with van der Waals surface area (Å²) in [5, 5.41) is 3.45. The van der Waals surface area contributed by atoms with Gasteiger partial charge in [-0.1, -0.05) is 20.8 Å². The highest BCUT2D eigenvalue weighted by Crippen LogP contribution is 2.22. The topological polar surface area (TPSA) is 24.5 Å². The number of ether oxygens (including phenoxy) is 1. The third-order valence-corrected chi connectivity index (χ3v) is 3.29. The van der Waals surface area contributed by atoms with Crippen LogP contribution in [0, 0.1) is 5.41 Å². The van der Waals surface area contributed by atoms with Gasteiger partial charge in [0.15, 0.2) is 0 Å². The molecule has 0 amide bonds. The van der Waals surface area contributed by atoms with E-state index in [-0.39, 0.29) is 0 Å². The molecule has 2 atom stereocenters. The van der Waals surface area contributed by atoms with Gasteiger partial charge in [-0.15, -0.1) is 0 Å². The van der Waals surface area contributed by atoms with Gasteiger partial charge in [0.2, 0.25) is 0 Å². The Morgan fingerprint density at radius 3 is 2.25 bits per heavy atom. The first kappa shape index (κ1) is 15.9. The van der Waals surface area contributed by atoms with E-state index < -0.39 is 0 Å². The molecule has 0 aromatic carbocycles. The van der Waals surface area contributed by atoms with E-state index in [2.05, 4.69) is 51.9 Å². The molecule has 0 aliphatic carbocycles. The van der Waals surface area contributed by atoms with Gasteiger partial charge in [-0.25, -0.2) is 0 Å². The van der Waals surface area contributed by atoms with E-state index in [0.717, 1.165) is 19.7 Å². The normalized spacial score (nSPS) is 16.5. The molecule has 0 heterocycles. The summed E-state index contributed by atoms with van der Waals surface area (Å²) in [4.78, 5) is 2.41.